The zero-order valence-corrected chi connectivity index (χ0v) is 21.7. The molecular formula is C29H35ClN2O5. The lowest BCUT2D eigenvalue weighted by atomic mass is 9.82. The van der Waals surface area contributed by atoms with Crippen LogP contribution in [0.2, 0.25) is 5.02 Å². The number of hydrogen-bond acceptors (Lipinski definition) is 5. The van der Waals surface area contributed by atoms with Crippen molar-refractivity contribution in [3.05, 3.63) is 65.3 Å². The zero-order chi connectivity index (χ0) is 26.2. The zero-order valence-electron chi connectivity index (χ0n) is 20.9. The van der Waals surface area contributed by atoms with Gasteiger partial charge in [-0.3, -0.25) is 4.68 Å². The second kappa shape index (κ2) is 13.2. The van der Waals surface area contributed by atoms with Crippen molar-refractivity contribution >= 4 is 17.6 Å². The summed E-state index contributed by atoms with van der Waals surface area (Å²) in [5.74, 6) is -0.113. The molecular weight excluding hydrogens is 492 g/mol. The van der Waals surface area contributed by atoms with Crippen LogP contribution in [0.25, 0.3) is 22.4 Å². The van der Waals surface area contributed by atoms with E-state index in [0.717, 1.165) is 60.3 Å². The van der Waals surface area contributed by atoms with Crippen molar-refractivity contribution in [3.8, 4) is 22.4 Å². The summed E-state index contributed by atoms with van der Waals surface area (Å²) < 4.78 is 7.42. The number of carboxylic acid groups (broad SMARTS) is 1. The maximum Gasteiger partial charge on any atom is 0.329 e. The molecule has 0 aliphatic heterocycles. The number of aliphatic carboxylic acids is 1. The van der Waals surface area contributed by atoms with Crippen LogP contribution in [0, 0.1) is 11.8 Å². The van der Waals surface area contributed by atoms with E-state index in [4.69, 9.17) is 26.5 Å². The first-order valence-electron chi connectivity index (χ1n) is 12.9. The number of rotatable bonds is 12. The number of aliphatic hydroxyl groups is 2. The number of carboxylic acids is 1. The minimum atomic E-state index is -0.934. The summed E-state index contributed by atoms with van der Waals surface area (Å²) in [5, 5.41) is 34.1. The van der Waals surface area contributed by atoms with Crippen LogP contribution < -0.4 is 0 Å². The summed E-state index contributed by atoms with van der Waals surface area (Å²) in [5.41, 5.74) is 4.91. The van der Waals surface area contributed by atoms with Gasteiger partial charge in [-0.05, 0) is 68.1 Å². The van der Waals surface area contributed by atoms with Gasteiger partial charge in [-0.2, -0.15) is 5.10 Å². The second-order valence-electron chi connectivity index (χ2n) is 9.90. The molecule has 0 saturated heterocycles. The summed E-state index contributed by atoms with van der Waals surface area (Å²) in [6, 6.07) is 17.9. The SMILES string of the molecule is O=C(O)COC[C@H]1CC[C@@H](Cn2nc(-c3ccccc3)c(-c3cccc(Cl)c3)c2CC[C@@H](O)CO)CC1. The van der Waals surface area contributed by atoms with Gasteiger partial charge in [-0.15, -0.1) is 0 Å². The number of hydrogen-bond donors (Lipinski definition) is 3. The number of carbonyl (C=O) groups is 1. The maximum atomic E-state index is 10.7. The fourth-order valence-corrected chi connectivity index (χ4v) is 5.37. The van der Waals surface area contributed by atoms with Gasteiger partial charge in [-0.25, -0.2) is 4.79 Å². The van der Waals surface area contributed by atoms with E-state index in [9.17, 15) is 15.0 Å². The predicted octanol–water partition coefficient (Wildman–Crippen LogP) is 5.06. The van der Waals surface area contributed by atoms with Crippen LogP contribution in [0.15, 0.2) is 54.6 Å². The Hall–Kier alpha value is -2.71. The Kier molecular flexibility index (Phi) is 9.75. The third kappa shape index (κ3) is 7.42. The van der Waals surface area contributed by atoms with E-state index < -0.39 is 12.1 Å². The molecule has 2 aromatic carbocycles. The lowest BCUT2D eigenvalue weighted by molar-refractivity contribution is -0.142. The molecule has 0 spiro atoms. The van der Waals surface area contributed by atoms with Gasteiger partial charge < -0.3 is 20.1 Å². The summed E-state index contributed by atoms with van der Waals surface area (Å²) in [4.78, 5) is 10.7. The van der Waals surface area contributed by atoms with Crippen molar-refractivity contribution < 1.29 is 24.9 Å². The van der Waals surface area contributed by atoms with E-state index in [-0.39, 0.29) is 13.2 Å². The number of aromatic nitrogens is 2. The summed E-state index contributed by atoms with van der Waals surface area (Å²) in [6.45, 7) is 0.723. The first-order chi connectivity index (χ1) is 17.9. The summed E-state index contributed by atoms with van der Waals surface area (Å²) in [6.07, 6.45) is 4.24. The minimum absolute atomic E-state index is 0.245. The highest BCUT2D eigenvalue weighted by Gasteiger charge is 2.26. The number of ether oxygens (including phenoxy) is 1. The molecule has 1 atom stereocenters. The van der Waals surface area contributed by atoms with Gasteiger partial charge in [-0.1, -0.05) is 54.1 Å². The fourth-order valence-electron chi connectivity index (χ4n) is 5.18. The molecule has 1 aliphatic carbocycles. The Morgan fingerprint density at radius 3 is 2.43 bits per heavy atom. The molecule has 1 saturated carbocycles. The largest absolute Gasteiger partial charge is 0.480 e. The van der Waals surface area contributed by atoms with Crippen molar-refractivity contribution in [1.29, 1.82) is 0 Å². The first-order valence-corrected chi connectivity index (χ1v) is 13.3. The molecule has 4 rings (SSSR count). The Bertz CT molecular complexity index is 1160. The molecule has 3 aromatic rings. The molecule has 1 heterocycles. The number of benzene rings is 2. The van der Waals surface area contributed by atoms with Gasteiger partial charge in [0.2, 0.25) is 0 Å². The Morgan fingerprint density at radius 2 is 1.76 bits per heavy atom. The smallest absolute Gasteiger partial charge is 0.329 e. The molecule has 0 amide bonds. The molecule has 0 unspecified atom stereocenters. The van der Waals surface area contributed by atoms with E-state index in [2.05, 4.69) is 16.8 Å². The average Bonchev–Trinajstić information content (AvgIpc) is 3.26. The topological polar surface area (TPSA) is 105 Å². The van der Waals surface area contributed by atoms with Crippen molar-refractivity contribution in [2.24, 2.45) is 11.8 Å². The van der Waals surface area contributed by atoms with Crippen LogP contribution in [-0.2, 0) is 22.5 Å². The highest BCUT2D eigenvalue weighted by Crippen LogP contribution is 2.38. The van der Waals surface area contributed by atoms with Crippen LogP contribution in [0.4, 0.5) is 0 Å². The fraction of sp³-hybridized carbons (Fsp3) is 0.448. The molecule has 7 nitrogen and oxygen atoms in total. The van der Waals surface area contributed by atoms with Crippen molar-refractivity contribution in [3.63, 3.8) is 0 Å². The van der Waals surface area contributed by atoms with Crippen LogP contribution >= 0.6 is 11.6 Å². The van der Waals surface area contributed by atoms with Crippen molar-refractivity contribution in [2.45, 2.75) is 51.2 Å². The quantitative estimate of drug-likeness (QED) is 0.304. The lowest BCUT2D eigenvalue weighted by Gasteiger charge is -2.28. The second-order valence-corrected chi connectivity index (χ2v) is 10.3. The molecule has 1 aliphatic rings. The number of nitrogens with zero attached hydrogens (tertiary/aromatic N) is 2. The first kappa shape index (κ1) is 27.3. The van der Waals surface area contributed by atoms with Crippen molar-refractivity contribution in [1.82, 2.24) is 9.78 Å². The van der Waals surface area contributed by atoms with Crippen LogP contribution in [-0.4, -0.2) is 57.0 Å². The maximum absolute atomic E-state index is 10.7. The standard InChI is InChI=1S/C29H35ClN2O5/c30-24-8-4-7-23(15-24)28-26(14-13-25(34)17-33)32(31-29(28)22-5-2-1-3-6-22)16-20-9-11-21(12-10-20)18-37-19-27(35)36/h1-8,15,20-21,25,33-34H,9-14,16-19H2,(H,35,36)/t20-,21+,25-/m1/s1. The molecule has 8 heteroatoms. The third-order valence-electron chi connectivity index (χ3n) is 7.12. The Balaban J connectivity index is 1.62. The molecule has 0 radical (unpaired) electrons. The van der Waals surface area contributed by atoms with E-state index in [1.54, 1.807) is 0 Å². The van der Waals surface area contributed by atoms with Crippen LogP contribution in [0.1, 0.15) is 37.8 Å². The van der Waals surface area contributed by atoms with Gasteiger partial charge in [0.1, 0.15) is 12.3 Å². The molecule has 0 bridgehead atoms. The minimum Gasteiger partial charge on any atom is -0.480 e. The van der Waals surface area contributed by atoms with E-state index in [1.165, 1.54) is 0 Å². The molecule has 1 aromatic heterocycles. The van der Waals surface area contributed by atoms with Gasteiger partial charge in [0.25, 0.3) is 0 Å². The number of aliphatic hydroxyl groups excluding tert-OH is 2. The van der Waals surface area contributed by atoms with E-state index >= 15 is 0 Å². The summed E-state index contributed by atoms with van der Waals surface area (Å²) >= 11 is 6.38. The van der Waals surface area contributed by atoms with Crippen LogP contribution in [0.5, 0.6) is 0 Å². The highest BCUT2D eigenvalue weighted by molar-refractivity contribution is 6.30. The van der Waals surface area contributed by atoms with Crippen molar-refractivity contribution in [2.75, 3.05) is 19.8 Å². The normalized spacial score (nSPS) is 18.6. The molecule has 37 heavy (non-hydrogen) atoms. The van der Waals surface area contributed by atoms with E-state index in [0.29, 0.717) is 36.3 Å². The van der Waals surface area contributed by atoms with Gasteiger partial charge in [0.05, 0.1) is 19.3 Å². The Morgan fingerprint density at radius 1 is 1.05 bits per heavy atom. The van der Waals surface area contributed by atoms with Crippen LogP contribution in [0.3, 0.4) is 0 Å². The summed E-state index contributed by atoms with van der Waals surface area (Å²) in [7, 11) is 0. The highest BCUT2D eigenvalue weighted by atomic mass is 35.5. The Labute approximate surface area is 222 Å². The lowest BCUT2D eigenvalue weighted by Crippen LogP contribution is -2.24. The molecule has 1 fully saturated rings. The van der Waals surface area contributed by atoms with Gasteiger partial charge >= 0.3 is 5.97 Å². The van der Waals surface area contributed by atoms with E-state index in [1.807, 2.05) is 42.5 Å². The number of halogens is 1. The predicted molar refractivity (Wildman–Crippen MR) is 143 cm³/mol. The third-order valence-corrected chi connectivity index (χ3v) is 7.35. The van der Waals surface area contributed by atoms with Gasteiger partial charge in [0.15, 0.2) is 0 Å². The average molecular weight is 527 g/mol. The molecule has 3 N–H and O–H groups in total. The monoisotopic (exact) mass is 526 g/mol. The van der Waals surface area contributed by atoms with Gasteiger partial charge in [0, 0.05) is 28.4 Å². The molecule has 198 valence electrons.